The quantitative estimate of drug-likeness (QED) is 0.891. The Morgan fingerprint density at radius 1 is 1.59 bits per heavy atom. The molecular formula is C14H19N5O2S. The Kier molecular flexibility index (Phi) is 3.96. The van der Waals surface area contributed by atoms with Gasteiger partial charge in [0.2, 0.25) is 5.91 Å². The Balaban J connectivity index is 1.74. The van der Waals surface area contributed by atoms with Crippen molar-refractivity contribution >= 4 is 17.2 Å². The second kappa shape index (κ2) is 5.77. The minimum absolute atomic E-state index is 0.0844. The summed E-state index contributed by atoms with van der Waals surface area (Å²) in [6.07, 6.45) is 0.725. The summed E-state index contributed by atoms with van der Waals surface area (Å²) in [7, 11) is 0. The summed E-state index contributed by atoms with van der Waals surface area (Å²) in [6.45, 7) is 6.24. The van der Waals surface area contributed by atoms with Gasteiger partial charge in [-0.2, -0.15) is 5.21 Å². The van der Waals surface area contributed by atoms with Gasteiger partial charge in [-0.15, -0.1) is 21.5 Å². The monoisotopic (exact) mass is 321 g/mol. The third-order valence-corrected chi connectivity index (χ3v) is 4.92. The van der Waals surface area contributed by atoms with Crippen molar-refractivity contribution in [3.63, 3.8) is 0 Å². The van der Waals surface area contributed by atoms with E-state index in [1.807, 2.05) is 20.8 Å². The number of hydrogen-bond acceptors (Lipinski definition) is 6. The zero-order valence-corrected chi connectivity index (χ0v) is 13.6. The lowest BCUT2D eigenvalue weighted by molar-refractivity contribution is -0.132. The summed E-state index contributed by atoms with van der Waals surface area (Å²) in [6, 6.07) is 2.05. The first kappa shape index (κ1) is 15.1. The fraction of sp³-hybridized carbons (Fsp3) is 0.571. The highest BCUT2D eigenvalue weighted by Gasteiger charge is 2.35. The van der Waals surface area contributed by atoms with Crippen molar-refractivity contribution in [3.05, 3.63) is 27.7 Å². The summed E-state index contributed by atoms with van der Waals surface area (Å²) in [5.74, 6) is 0.0764. The summed E-state index contributed by atoms with van der Waals surface area (Å²) in [5.41, 5.74) is 0.445. The number of aromatic nitrogens is 4. The van der Waals surface area contributed by atoms with Gasteiger partial charge in [0.25, 0.3) is 0 Å². The largest absolute Gasteiger partial charge is 0.372 e. The van der Waals surface area contributed by atoms with E-state index in [4.69, 9.17) is 4.74 Å². The fourth-order valence-corrected chi connectivity index (χ4v) is 3.53. The first-order valence-electron chi connectivity index (χ1n) is 7.23. The summed E-state index contributed by atoms with van der Waals surface area (Å²) < 4.78 is 5.85. The number of hydrogen-bond donors (Lipinski definition) is 2. The first-order valence-corrected chi connectivity index (χ1v) is 8.11. The van der Waals surface area contributed by atoms with Gasteiger partial charge in [0.1, 0.15) is 0 Å². The van der Waals surface area contributed by atoms with Crippen molar-refractivity contribution < 1.29 is 9.53 Å². The third-order valence-electron chi connectivity index (χ3n) is 3.92. The van der Waals surface area contributed by atoms with Gasteiger partial charge in [-0.1, -0.05) is 12.1 Å². The maximum Gasteiger partial charge on any atom is 0.226 e. The molecule has 1 aliphatic heterocycles. The number of amides is 1. The van der Waals surface area contributed by atoms with Gasteiger partial charge in [-0.3, -0.25) is 4.79 Å². The molecule has 1 amide bonds. The fourth-order valence-electron chi connectivity index (χ4n) is 2.63. The van der Waals surface area contributed by atoms with Gasteiger partial charge in [0.15, 0.2) is 5.82 Å². The molecule has 3 rings (SSSR count). The topological polar surface area (TPSA) is 92.8 Å². The van der Waals surface area contributed by atoms with Gasteiger partial charge < -0.3 is 10.1 Å². The Labute approximate surface area is 132 Å². The van der Waals surface area contributed by atoms with E-state index < -0.39 is 5.54 Å². The van der Waals surface area contributed by atoms with Crippen LogP contribution in [0.3, 0.4) is 0 Å². The van der Waals surface area contributed by atoms with Gasteiger partial charge in [0, 0.05) is 11.3 Å². The molecule has 2 aromatic heterocycles. The van der Waals surface area contributed by atoms with E-state index >= 15 is 0 Å². The van der Waals surface area contributed by atoms with Crippen LogP contribution in [-0.4, -0.2) is 33.1 Å². The SMILES string of the molecule is CC(C(=O)NC(C)(C)c1nn[nH]n1)C1OCCc2sccc21. The van der Waals surface area contributed by atoms with E-state index in [1.54, 1.807) is 11.3 Å². The van der Waals surface area contributed by atoms with E-state index in [0.29, 0.717) is 12.4 Å². The number of rotatable bonds is 4. The highest BCUT2D eigenvalue weighted by Crippen LogP contribution is 2.36. The zero-order chi connectivity index (χ0) is 15.7. The Morgan fingerprint density at radius 2 is 2.41 bits per heavy atom. The van der Waals surface area contributed by atoms with Crippen LogP contribution < -0.4 is 5.32 Å². The van der Waals surface area contributed by atoms with Gasteiger partial charge in [-0.05, 0) is 30.9 Å². The lowest BCUT2D eigenvalue weighted by Gasteiger charge is -2.30. The summed E-state index contributed by atoms with van der Waals surface area (Å²) in [4.78, 5) is 13.9. The van der Waals surface area contributed by atoms with E-state index in [9.17, 15) is 4.79 Å². The molecule has 0 aliphatic carbocycles. The predicted molar refractivity (Wildman–Crippen MR) is 81.2 cm³/mol. The van der Waals surface area contributed by atoms with Gasteiger partial charge in [0.05, 0.1) is 24.2 Å². The number of H-pyrrole nitrogens is 1. The molecule has 7 nitrogen and oxygen atoms in total. The van der Waals surface area contributed by atoms with Crippen molar-refractivity contribution in [3.8, 4) is 0 Å². The third kappa shape index (κ3) is 2.76. The molecule has 1 aliphatic rings. The standard InChI is InChI=1S/C14H19N5O2S/c1-8(11-9-5-7-22-10(9)4-6-21-11)12(20)15-14(2,3)13-16-18-19-17-13/h5,7-8,11H,4,6H2,1-3H3,(H,15,20)(H,16,17,18,19). The van der Waals surface area contributed by atoms with E-state index in [1.165, 1.54) is 4.88 Å². The first-order chi connectivity index (χ1) is 10.5. The van der Waals surface area contributed by atoms with Crippen LogP contribution in [0.15, 0.2) is 11.4 Å². The molecule has 0 spiro atoms. The Bertz CT molecular complexity index is 652. The Morgan fingerprint density at radius 3 is 3.14 bits per heavy atom. The number of nitrogens with zero attached hydrogens (tertiary/aromatic N) is 3. The minimum Gasteiger partial charge on any atom is -0.372 e. The molecule has 22 heavy (non-hydrogen) atoms. The maximum atomic E-state index is 12.6. The number of nitrogens with one attached hydrogen (secondary N) is 2. The van der Waals surface area contributed by atoms with Crippen molar-refractivity contribution in [2.75, 3.05) is 6.61 Å². The predicted octanol–water partition coefficient (Wildman–Crippen LogP) is 1.56. The molecule has 3 heterocycles. The number of fused-ring (bicyclic) bond motifs is 1. The molecule has 0 saturated carbocycles. The molecule has 0 saturated heterocycles. The summed E-state index contributed by atoms with van der Waals surface area (Å²) in [5, 5.41) is 18.9. The molecule has 2 N–H and O–H groups in total. The van der Waals surface area contributed by atoms with Crippen molar-refractivity contribution in [1.29, 1.82) is 0 Å². The number of carbonyl (C=O) groups excluding carboxylic acids is 1. The van der Waals surface area contributed by atoms with Crippen LogP contribution in [-0.2, 0) is 21.5 Å². The number of carbonyl (C=O) groups is 1. The van der Waals surface area contributed by atoms with Crippen molar-refractivity contribution in [2.24, 2.45) is 5.92 Å². The number of aromatic amines is 1. The molecular weight excluding hydrogens is 302 g/mol. The highest BCUT2D eigenvalue weighted by atomic mass is 32.1. The number of tetrazole rings is 1. The van der Waals surface area contributed by atoms with E-state index in [-0.39, 0.29) is 17.9 Å². The molecule has 0 aromatic carbocycles. The molecule has 0 fully saturated rings. The van der Waals surface area contributed by atoms with Crippen LogP contribution in [0.4, 0.5) is 0 Å². The smallest absolute Gasteiger partial charge is 0.226 e. The van der Waals surface area contributed by atoms with Crippen molar-refractivity contribution in [1.82, 2.24) is 25.9 Å². The van der Waals surface area contributed by atoms with Crippen LogP contribution in [0.2, 0.25) is 0 Å². The van der Waals surface area contributed by atoms with Crippen molar-refractivity contribution in [2.45, 2.75) is 38.8 Å². The maximum absolute atomic E-state index is 12.6. The number of thiophene rings is 1. The molecule has 118 valence electrons. The number of ether oxygens (including phenoxy) is 1. The van der Waals surface area contributed by atoms with Crippen LogP contribution in [0.1, 0.15) is 43.1 Å². The normalized spacial score (nSPS) is 19.5. The molecule has 0 bridgehead atoms. The molecule has 2 aromatic rings. The second-order valence-electron chi connectivity index (χ2n) is 5.98. The lowest BCUT2D eigenvalue weighted by Crippen LogP contribution is -2.46. The van der Waals surface area contributed by atoms with E-state index in [2.05, 4.69) is 37.4 Å². The average Bonchev–Trinajstić information content (AvgIpc) is 3.16. The van der Waals surface area contributed by atoms with E-state index in [0.717, 1.165) is 12.0 Å². The lowest BCUT2D eigenvalue weighted by atomic mass is 9.93. The minimum atomic E-state index is -0.690. The highest BCUT2D eigenvalue weighted by molar-refractivity contribution is 7.10. The van der Waals surface area contributed by atoms with Gasteiger partial charge >= 0.3 is 0 Å². The molecule has 2 unspecified atom stereocenters. The average molecular weight is 321 g/mol. The van der Waals surface area contributed by atoms with Crippen LogP contribution in [0.5, 0.6) is 0 Å². The summed E-state index contributed by atoms with van der Waals surface area (Å²) >= 11 is 1.73. The molecule has 0 radical (unpaired) electrons. The van der Waals surface area contributed by atoms with Crippen LogP contribution in [0, 0.1) is 5.92 Å². The van der Waals surface area contributed by atoms with Crippen LogP contribution >= 0.6 is 11.3 Å². The zero-order valence-electron chi connectivity index (χ0n) is 12.8. The second-order valence-corrected chi connectivity index (χ2v) is 6.98. The van der Waals surface area contributed by atoms with Crippen LogP contribution in [0.25, 0.3) is 0 Å². The Hall–Kier alpha value is -1.80. The molecule has 2 atom stereocenters. The molecule has 8 heteroatoms. The van der Waals surface area contributed by atoms with Gasteiger partial charge in [-0.25, -0.2) is 0 Å².